The molecule has 3 rings (SSSR count). The van der Waals surface area contributed by atoms with Crippen molar-refractivity contribution in [3.8, 4) is 0 Å². The lowest BCUT2D eigenvalue weighted by Gasteiger charge is -2.36. The summed E-state index contributed by atoms with van der Waals surface area (Å²) in [6.45, 7) is 0. The number of methoxy groups -OCH3 is 3. The van der Waals surface area contributed by atoms with E-state index >= 15 is 0 Å². The van der Waals surface area contributed by atoms with Crippen LogP contribution in [0.1, 0.15) is 11.1 Å². The minimum Gasteiger partial charge on any atom is -0.469 e. The molecular weight excluding hydrogens is 374 g/mol. The zero-order valence-corrected chi connectivity index (χ0v) is 16.5. The zero-order valence-electron chi connectivity index (χ0n) is 16.5. The summed E-state index contributed by atoms with van der Waals surface area (Å²) in [6, 6.07) is 17.3. The van der Waals surface area contributed by atoms with Crippen LogP contribution in [0.25, 0.3) is 0 Å². The summed E-state index contributed by atoms with van der Waals surface area (Å²) < 4.78 is 15.0. The molecule has 2 aromatic rings. The van der Waals surface area contributed by atoms with Crippen LogP contribution in [0.3, 0.4) is 0 Å². The number of hydrogen-bond acceptors (Lipinski definition) is 7. The van der Waals surface area contributed by atoms with Gasteiger partial charge in [-0.25, -0.2) is 0 Å². The monoisotopic (exact) mass is 397 g/mol. The Bertz CT molecular complexity index is 843. The maximum Gasteiger partial charge on any atom is 0.323 e. The molecule has 0 spiro atoms. The summed E-state index contributed by atoms with van der Waals surface area (Å²) in [5.41, 5.74) is 0.219. The van der Waals surface area contributed by atoms with Gasteiger partial charge in [-0.2, -0.15) is 0 Å². The first-order valence-electron chi connectivity index (χ1n) is 9.13. The fourth-order valence-corrected chi connectivity index (χ4v) is 4.17. The van der Waals surface area contributed by atoms with Gasteiger partial charge in [-0.1, -0.05) is 60.7 Å². The second-order valence-electron chi connectivity index (χ2n) is 6.74. The molecule has 29 heavy (non-hydrogen) atoms. The van der Waals surface area contributed by atoms with Gasteiger partial charge in [0.1, 0.15) is 6.04 Å². The van der Waals surface area contributed by atoms with Gasteiger partial charge in [-0.3, -0.25) is 19.7 Å². The number of carbonyl (C=O) groups is 3. The minimum atomic E-state index is -1.20. The number of rotatable bonds is 5. The van der Waals surface area contributed by atoms with Gasteiger partial charge in [0, 0.05) is 0 Å². The van der Waals surface area contributed by atoms with Crippen LogP contribution in [-0.4, -0.2) is 45.3 Å². The summed E-state index contributed by atoms with van der Waals surface area (Å²) >= 11 is 0. The van der Waals surface area contributed by atoms with Crippen molar-refractivity contribution < 1.29 is 28.6 Å². The van der Waals surface area contributed by atoms with Crippen LogP contribution in [0, 0.1) is 11.8 Å². The molecule has 0 amide bonds. The first-order chi connectivity index (χ1) is 14.0. The van der Waals surface area contributed by atoms with Gasteiger partial charge in [-0.15, -0.1) is 0 Å². The van der Waals surface area contributed by atoms with Crippen molar-refractivity contribution in [2.24, 2.45) is 11.8 Å². The van der Waals surface area contributed by atoms with Crippen molar-refractivity contribution >= 4 is 17.9 Å². The van der Waals surface area contributed by atoms with E-state index < -0.39 is 41.3 Å². The molecule has 0 aromatic heterocycles. The fraction of sp³-hybridized carbons (Fsp3) is 0.318. The molecule has 0 saturated carbocycles. The average molecular weight is 397 g/mol. The van der Waals surface area contributed by atoms with E-state index in [1.807, 2.05) is 60.7 Å². The van der Waals surface area contributed by atoms with Gasteiger partial charge in [0.2, 0.25) is 0 Å². The van der Waals surface area contributed by atoms with E-state index in [2.05, 4.69) is 5.32 Å². The first-order valence-corrected chi connectivity index (χ1v) is 9.13. The summed E-state index contributed by atoms with van der Waals surface area (Å²) in [7, 11) is 3.70. The van der Waals surface area contributed by atoms with Crippen molar-refractivity contribution in [3.63, 3.8) is 0 Å². The molecule has 2 aromatic carbocycles. The summed E-state index contributed by atoms with van der Waals surface area (Å²) in [5, 5.41) is 3.24. The molecule has 0 aliphatic carbocycles. The molecule has 0 radical (unpaired) electrons. The second kappa shape index (κ2) is 8.45. The lowest BCUT2D eigenvalue weighted by Crippen LogP contribution is -2.49. The highest BCUT2D eigenvalue weighted by Crippen LogP contribution is 2.48. The number of carbonyl (C=O) groups excluding carboxylic acids is 3. The SMILES string of the molecule is COC(=O)[C@H]1[C@@H](C(=O)OC)C(c2ccccc2)(c2ccccc2)N[C@H]1C(=O)OC. The van der Waals surface area contributed by atoms with Crippen LogP contribution >= 0.6 is 0 Å². The molecule has 1 aliphatic rings. The van der Waals surface area contributed by atoms with Crippen LogP contribution < -0.4 is 5.32 Å². The van der Waals surface area contributed by atoms with E-state index in [1.165, 1.54) is 21.3 Å². The Labute approximate surface area is 169 Å². The zero-order chi connectivity index (χ0) is 21.0. The maximum atomic E-state index is 13.0. The number of nitrogens with one attached hydrogen (secondary N) is 1. The summed E-state index contributed by atoms with van der Waals surface area (Å²) in [4.78, 5) is 38.4. The van der Waals surface area contributed by atoms with Crippen molar-refractivity contribution in [2.45, 2.75) is 11.6 Å². The van der Waals surface area contributed by atoms with Gasteiger partial charge in [0.25, 0.3) is 0 Å². The van der Waals surface area contributed by atoms with Crippen LogP contribution in [0.4, 0.5) is 0 Å². The molecule has 1 aliphatic heterocycles. The van der Waals surface area contributed by atoms with Crippen LogP contribution in [0.5, 0.6) is 0 Å². The largest absolute Gasteiger partial charge is 0.469 e. The molecule has 7 heteroatoms. The quantitative estimate of drug-likeness (QED) is 0.606. The van der Waals surface area contributed by atoms with Crippen LogP contribution in [-0.2, 0) is 34.1 Å². The van der Waals surface area contributed by atoms with E-state index in [0.29, 0.717) is 11.1 Å². The van der Waals surface area contributed by atoms with Gasteiger partial charge >= 0.3 is 17.9 Å². The lowest BCUT2D eigenvalue weighted by molar-refractivity contribution is -0.160. The highest BCUT2D eigenvalue weighted by Gasteiger charge is 2.63. The number of esters is 3. The van der Waals surface area contributed by atoms with Gasteiger partial charge < -0.3 is 14.2 Å². The van der Waals surface area contributed by atoms with E-state index in [4.69, 9.17) is 14.2 Å². The minimum absolute atomic E-state index is 0.632. The molecule has 0 bridgehead atoms. The Kier molecular flexibility index (Phi) is 5.98. The van der Waals surface area contributed by atoms with E-state index in [9.17, 15) is 14.4 Å². The highest BCUT2D eigenvalue weighted by atomic mass is 16.5. The standard InChI is InChI=1S/C22H23NO6/c1-27-19(24)16-17(20(25)28-2)22(14-10-6-4-7-11-14,15-12-8-5-9-13-15)23-18(16)21(26)29-3/h4-13,16-18,23H,1-3H3/t16-,17-,18+/m0/s1. The summed E-state index contributed by atoms with van der Waals surface area (Å²) in [5.74, 6) is -4.19. The van der Waals surface area contributed by atoms with Gasteiger partial charge in [0.15, 0.2) is 0 Å². The van der Waals surface area contributed by atoms with Crippen LogP contribution in [0.15, 0.2) is 60.7 Å². The Hall–Kier alpha value is -3.19. The van der Waals surface area contributed by atoms with E-state index in [1.54, 1.807) is 0 Å². The molecule has 1 heterocycles. The Balaban J connectivity index is 2.34. The third-order valence-corrected chi connectivity index (χ3v) is 5.41. The molecule has 1 N–H and O–H groups in total. The van der Waals surface area contributed by atoms with E-state index in [0.717, 1.165) is 0 Å². The second-order valence-corrected chi connectivity index (χ2v) is 6.74. The molecule has 1 fully saturated rings. The molecule has 152 valence electrons. The third kappa shape index (κ3) is 3.38. The maximum absolute atomic E-state index is 13.0. The first kappa shape index (κ1) is 20.5. The molecule has 7 nitrogen and oxygen atoms in total. The smallest absolute Gasteiger partial charge is 0.323 e. The number of benzene rings is 2. The number of ether oxygens (including phenoxy) is 3. The topological polar surface area (TPSA) is 90.9 Å². The molecule has 0 unspecified atom stereocenters. The predicted molar refractivity (Wildman–Crippen MR) is 104 cm³/mol. The molecular formula is C22H23NO6. The van der Waals surface area contributed by atoms with E-state index in [-0.39, 0.29) is 0 Å². The average Bonchev–Trinajstić information content (AvgIpc) is 3.16. The van der Waals surface area contributed by atoms with Crippen molar-refractivity contribution in [3.05, 3.63) is 71.8 Å². The van der Waals surface area contributed by atoms with Gasteiger partial charge in [-0.05, 0) is 11.1 Å². The van der Waals surface area contributed by atoms with Crippen molar-refractivity contribution in [1.82, 2.24) is 5.32 Å². The number of hydrogen-bond donors (Lipinski definition) is 1. The van der Waals surface area contributed by atoms with Crippen molar-refractivity contribution in [1.29, 1.82) is 0 Å². The lowest BCUT2D eigenvalue weighted by atomic mass is 9.71. The fourth-order valence-electron chi connectivity index (χ4n) is 4.17. The molecule has 1 saturated heterocycles. The Morgan fingerprint density at radius 3 is 1.59 bits per heavy atom. The summed E-state index contributed by atoms with van der Waals surface area (Å²) in [6.07, 6.45) is 0. The van der Waals surface area contributed by atoms with Gasteiger partial charge in [0.05, 0.1) is 38.7 Å². The van der Waals surface area contributed by atoms with Crippen LogP contribution in [0.2, 0.25) is 0 Å². The van der Waals surface area contributed by atoms with Crippen molar-refractivity contribution in [2.75, 3.05) is 21.3 Å². The highest BCUT2D eigenvalue weighted by molar-refractivity contribution is 5.92. The molecule has 3 atom stereocenters. The predicted octanol–water partition coefficient (Wildman–Crippen LogP) is 1.65. The normalized spacial score (nSPS) is 22.5. The Morgan fingerprint density at radius 2 is 1.17 bits per heavy atom. The Morgan fingerprint density at radius 1 is 0.724 bits per heavy atom. The third-order valence-electron chi connectivity index (χ3n) is 5.41.